The number of halogens is 1. The Labute approximate surface area is 192 Å². The van der Waals surface area contributed by atoms with Crippen molar-refractivity contribution in [3.63, 3.8) is 0 Å². The van der Waals surface area contributed by atoms with E-state index in [1.165, 1.54) is 16.7 Å². The van der Waals surface area contributed by atoms with Crippen molar-refractivity contribution in [1.82, 2.24) is 9.55 Å². The second-order valence-corrected chi connectivity index (χ2v) is 8.09. The van der Waals surface area contributed by atoms with E-state index in [-0.39, 0.29) is 0 Å². The lowest BCUT2D eigenvalue weighted by molar-refractivity contribution is 0.298. The Bertz CT molecular complexity index is 1330. The van der Waals surface area contributed by atoms with Crippen LogP contribution in [0.4, 0.5) is 0 Å². The molecule has 1 heterocycles. The zero-order chi connectivity index (χ0) is 21.8. The van der Waals surface area contributed by atoms with Crippen LogP contribution in [-0.4, -0.2) is 16.2 Å². The molecule has 5 aromatic rings. The molecule has 0 bridgehead atoms. The van der Waals surface area contributed by atoms with Crippen molar-refractivity contribution in [3.8, 4) is 16.9 Å². The fraction of sp³-hybridized carbons (Fsp3) is 0.107. The summed E-state index contributed by atoms with van der Waals surface area (Å²) in [6, 6.07) is 35.0. The highest BCUT2D eigenvalue weighted by atomic mass is 35.5. The number of hydrogen-bond acceptors (Lipinski definition) is 2. The molecule has 0 amide bonds. The van der Waals surface area contributed by atoms with E-state index in [4.69, 9.17) is 21.3 Å². The van der Waals surface area contributed by atoms with Gasteiger partial charge in [-0.05, 0) is 41.0 Å². The zero-order valence-electron chi connectivity index (χ0n) is 17.6. The molecule has 32 heavy (non-hydrogen) atoms. The summed E-state index contributed by atoms with van der Waals surface area (Å²) >= 11 is 6.23. The third kappa shape index (κ3) is 4.39. The molecule has 5 rings (SSSR count). The maximum absolute atomic E-state index is 6.23. The van der Waals surface area contributed by atoms with Crippen LogP contribution in [0.2, 0.25) is 5.02 Å². The second kappa shape index (κ2) is 9.29. The number of aromatic nitrogens is 2. The fourth-order valence-corrected chi connectivity index (χ4v) is 4.14. The molecule has 1 aromatic heterocycles. The van der Waals surface area contributed by atoms with E-state index in [2.05, 4.69) is 65.2 Å². The van der Waals surface area contributed by atoms with Crippen LogP contribution in [0.25, 0.3) is 22.2 Å². The van der Waals surface area contributed by atoms with Crippen molar-refractivity contribution >= 4 is 22.6 Å². The number of para-hydroxylation sites is 3. The van der Waals surface area contributed by atoms with Crippen molar-refractivity contribution in [2.24, 2.45) is 0 Å². The van der Waals surface area contributed by atoms with Crippen molar-refractivity contribution < 1.29 is 4.74 Å². The summed E-state index contributed by atoms with van der Waals surface area (Å²) in [4.78, 5) is 4.91. The Hall–Kier alpha value is -3.56. The summed E-state index contributed by atoms with van der Waals surface area (Å²) < 4.78 is 8.20. The Kier molecular flexibility index (Phi) is 5.91. The summed E-state index contributed by atoms with van der Waals surface area (Å²) in [6.45, 7) is 1.22. The minimum Gasteiger partial charge on any atom is -0.490 e. The van der Waals surface area contributed by atoms with E-state index in [9.17, 15) is 0 Å². The molecule has 4 aromatic carbocycles. The molecule has 0 radical (unpaired) electrons. The predicted molar refractivity (Wildman–Crippen MR) is 131 cm³/mol. The molecule has 0 aliphatic carbocycles. The molecule has 0 saturated carbocycles. The second-order valence-electron chi connectivity index (χ2n) is 7.69. The average molecular weight is 439 g/mol. The van der Waals surface area contributed by atoms with Crippen molar-refractivity contribution in [2.75, 3.05) is 6.61 Å². The highest BCUT2D eigenvalue weighted by Crippen LogP contribution is 2.24. The molecule has 158 valence electrons. The van der Waals surface area contributed by atoms with Gasteiger partial charge in [0, 0.05) is 6.42 Å². The molecule has 0 unspecified atom stereocenters. The Morgan fingerprint density at radius 3 is 2.22 bits per heavy atom. The molecule has 0 spiro atoms. The first kappa shape index (κ1) is 20.3. The van der Waals surface area contributed by atoms with Gasteiger partial charge in [0.25, 0.3) is 0 Å². The van der Waals surface area contributed by atoms with Crippen LogP contribution in [0.5, 0.6) is 5.75 Å². The first-order valence-electron chi connectivity index (χ1n) is 10.7. The van der Waals surface area contributed by atoms with Crippen LogP contribution < -0.4 is 4.74 Å². The third-order valence-corrected chi connectivity index (χ3v) is 5.88. The SMILES string of the molecule is Clc1ccccc1OCCn1c(Cc2ccc(-c3ccccc3)cc2)nc2ccccc21. The maximum atomic E-state index is 6.23. The quantitative estimate of drug-likeness (QED) is 0.273. The minimum absolute atomic E-state index is 0.518. The van der Waals surface area contributed by atoms with Crippen LogP contribution in [0.3, 0.4) is 0 Å². The van der Waals surface area contributed by atoms with Gasteiger partial charge >= 0.3 is 0 Å². The Morgan fingerprint density at radius 1 is 0.719 bits per heavy atom. The molecule has 0 saturated heterocycles. The zero-order valence-corrected chi connectivity index (χ0v) is 18.4. The molecule has 0 atom stereocenters. The van der Waals surface area contributed by atoms with E-state index in [0.29, 0.717) is 23.9 Å². The lowest BCUT2D eigenvalue weighted by Gasteiger charge is -2.12. The highest BCUT2D eigenvalue weighted by molar-refractivity contribution is 6.32. The fourth-order valence-electron chi connectivity index (χ4n) is 3.95. The topological polar surface area (TPSA) is 27.1 Å². The largest absolute Gasteiger partial charge is 0.490 e. The summed E-state index contributed by atoms with van der Waals surface area (Å²) in [5.41, 5.74) is 5.79. The smallest absolute Gasteiger partial charge is 0.137 e. The Balaban J connectivity index is 1.37. The van der Waals surface area contributed by atoms with E-state index in [1.807, 2.05) is 42.5 Å². The maximum Gasteiger partial charge on any atom is 0.137 e. The van der Waals surface area contributed by atoms with Crippen LogP contribution >= 0.6 is 11.6 Å². The van der Waals surface area contributed by atoms with Crippen molar-refractivity contribution in [2.45, 2.75) is 13.0 Å². The number of benzene rings is 4. The minimum atomic E-state index is 0.518. The van der Waals surface area contributed by atoms with Gasteiger partial charge in [0.05, 0.1) is 22.6 Å². The number of hydrogen-bond donors (Lipinski definition) is 0. The van der Waals surface area contributed by atoms with Crippen molar-refractivity contribution in [1.29, 1.82) is 0 Å². The predicted octanol–water partition coefficient (Wildman–Crippen LogP) is 7.03. The number of rotatable bonds is 7. The highest BCUT2D eigenvalue weighted by Gasteiger charge is 2.12. The number of fused-ring (bicyclic) bond motifs is 1. The molecule has 4 heteroatoms. The Morgan fingerprint density at radius 2 is 1.41 bits per heavy atom. The average Bonchev–Trinajstić information content (AvgIpc) is 3.18. The van der Waals surface area contributed by atoms with Gasteiger partial charge in [-0.2, -0.15) is 0 Å². The molecule has 0 aliphatic rings. The van der Waals surface area contributed by atoms with Gasteiger partial charge in [-0.1, -0.05) is 90.5 Å². The van der Waals surface area contributed by atoms with E-state index in [0.717, 1.165) is 23.3 Å². The van der Waals surface area contributed by atoms with Crippen LogP contribution in [0.15, 0.2) is 103 Å². The summed E-state index contributed by atoms with van der Waals surface area (Å²) in [7, 11) is 0. The number of imidazole rings is 1. The summed E-state index contributed by atoms with van der Waals surface area (Å²) in [6.07, 6.45) is 0.760. The van der Waals surface area contributed by atoms with Crippen LogP contribution in [-0.2, 0) is 13.0 Å². The molecular formula is C28H23ClN2O. The summed E-state index contributed by atoms with van der Waals surface area (Å²) in [5, 5.41) is 0.627. The molecular weight excluding hydrogens is 416 g/mol. The molecule has 0 aliphatic heterocycles. The van der Waals surface area contributed by atoms with Gasteiger partial charge in [-0.25, -0.2) is 4.98 Å². The number of ether oxygens (including phenoxy) is 1. The van der Waals surface area contributed by atoms with Gasteiger partial charge in [0.15, 0.2) is 0 Å². The monoisotopic (exact) mass is 438 g/mol. The van der Waals surface area contributed by atoms with E-state index in [1.54, 1.807) is 0 Å². The van der Waals surface area contributed by atoms with Gasteiger partial charge < -0.3 is 9.30 Å². The third-order valence-electron chi connectivity index (χ3n) is 5.57. The lowest BCUT2D eigenvalue weighted by Crippen LogP contribution is -2.11. The van der Waals surface area contributed by atoms with Gasteiger partial charge in [-0.3, -0.25) is 0 Å². The molecule has 0 fully saturated rings. The van der Waals surface area contributed by atoms with Gasteiger partial charge in [0.1, 0.15) is 18.2 Å². The molecule has 0 N–H and O–H groups in total. The van der Waals surface area contributed by atoms with Gasteiger partial charge in [-0.15, -0.1) is 0 Å². The van der Waals surface area contributed by atoms with E-state index < -0.39 is 0 Å². The van der Waals surface area contributed by atoms with Crippen molar-refractivity contribution in [3.05, 3.63) is 120 Å². The summed E-state index contributed by atoms with van der Waals surface area (Å²) in [5.74, 6) is 1.73. The van der Waals surface area contributed by atoms with E-state index >= 15 is 0 Å². The first-order valence-corrected chi connectivity index (χ1v) is 11.1. The standard InChI is InChI=1S/C28H23ClN2O/c29-24-10-4-7-13-27(24)32-19-18-31-26-12-6-5-11-25(26)30-28(31)20-21-14-16-23(17-15-21)22-8-2-1-3-9-22/h1-17H,18-20H2. The van der Waals surface area contributed by atoms with Crippen LogP contribution in [0, 0.1) is 0 Å². The normalized spacial score (nSPS) is 11.0. The van der Waals surface area contributed by atoms with Gasteiger partial charge in [0.2, 0.25) is 0 Å². The first-order chi connectivity index (χ1) is 15.8. The molecule has 3 nitrogen and oxygen atoms in total. The number of nitrogens with zero attached hydrogens (tertiary/aromatic N) is 2. The van der Waals surface area contributed by atoms with Crippen LogP contribution in [0.1, 0.15) is 11.4 Å². The lowest BCUT2D eigenvalue weighted by atomic mass is 10.0.